The summed E-state index contributed by atoms with van der Waals surface area (Å²) in [5, 5.41) is 11.3. The fraction of sp³-hybridized carbons (Fsp3) is 0.600. The molecule has 15 heavy (non-hydrogen) atoms. The Morgan fingerprint density at radius 1 is 1.53 bits per heavy atom. The molecule has 1 aromatic rings. The van der Waals surface area contributed by atoms with Crippen LogP contribution in [-0.4, -0.2) is 36.5 Å². The van der Waals surface area contributed by atoms with Crippen molar-refractivity contribution >= 4 is 12.4 Å². The summed E-state index contributed by atoms with van der Waals surface area (Å²) in [7, 11) is 0. The third-order valence-electron chi connectivity index (χ3n) is 2.34. The van der Waals surface area contributed by atoms with Crippen LogP contribution >= 0.6 is 12.4 Å². The van der Waals surface area contributed by atoms with E-state index in [1.807, 2.05) is 12.1 Å². The third kappa shape index (κ3) is 4.11. The molecule has 5 heteroatoms. The molecule has 0 radical (unpaired) electrons. The highest BCUT2D eigenvalue weighted by Crippen LogP contribution is 2.07. The van der Waals surface area contributed by atoms with E-state index in [0.717, 1.165) is 38.4 Å². The van der Waals surface area contributed by atoms with Gasteiger partial charge in [0.25, 0.3) is 0 Å². The number of aromatic nitrogens is 2. The molecular formula is C10H16ClN3O. The van der Waals surface area contributed by atoms with E-state index >= 15 is 0 Å². The Morgan fingerprint density at radius 2 is 2.47 bits per heavy atom. The summed E-state index contributed by atoms with van der Waals surface area (Å²) >= 11 is 0. The van der Waals surface area contributed by atoms with Gasteiger partial charge in [-0.1, -0.05) is 0 Å². The molecule has 2 heterocycles. The first kappa shape index (κ1) is 12.4. The van der Waals surface area contributed by atoms with Crippen molar-refractivity contribution in [2.45, 2.75) is 6.42 Å². The Hall–Kier alpha value is -0.710. The largest absolute Gasteiger partial charge is 0.380 e. The number of rotatable bonds is 2. The predicted octanol–water partition coefficient (Wildman–Crippen LogP) is 0.677. The average Bonchev–Trinajstić information content (AvgIpc) is 2.48. The second-order valence-corrected chi connectivity index (χ2v) is 3.56. The van der Waals surface area contributed by atoms with Crippen molar-refractivity contribution in [2.24, 2.45) is 5.92 Å². The standard InChI is InChI=1S/C10H15N3O.ClH/c1-2-10(13-12-3-1)6-9-7-11-4-5-14-8-9;/h1-3,9,11H,4-8H2;1H. The van der Waals surface area contributed by atoms with Gasteiger partial charge in [0.05, 0.1) is 18.9 Å². The molecule has 0 saturated carbocycles. The van der Waals surface area contributed by atoms with Gasteiger partial charge in [-0.2, -0.15) is 10.2 Å². The second kappa shape index (κ2) is 6.71. The maximum atomic E-state index is 5.47. The van der Waals surface area contributed by atoms with Gasteiger partial charge in [-0.3, -0.25) is 0 Å². The highest BCUT2D eigenvalue weighted by molar-refractivity contribution is 5.85. The summed E-state index contributed by atoms with van der Waals surface area (Å²) in [6.45, 7) is 3.61. The van der Waals surface area contributed by atoms with Crippen LogP contribution in [0.1, 0.15) is 5.69 Å². The summed E-state index contributed by atoms with van der Waals surface area (Å²) in [5.41, 5.74) is 1.05. The molecule has 84 valence electrons. The van der Waals surface area contributed by atoms with Crippen LogP contribution in [0.3, 0.4) is 0 Å². The van der Waals surface area contributed by atoms with Crippen LogP contribution in [0.5, 0.6) is 0 Å². The molecule has 0 amide bonds. The summed E-state index contributed by atoms with van der Waals surface area (Å²) in [6, 6.07) is 3.94. The Kier molecular flexibility index (Phi) is 5.53. The number of hydrogen-bond donors (Lipinski definition) is 1. The summed E-state index contributed by atoms with van der Waals surface area (Å²) < 4.78 is 5.47. The van der Waals surface area contributed by atoms with Crippen molar-refractivity contribution in [2.75, 3.05) is 26.3 Å². The third-order valence-corrected chi connectivity index (χ3v) is 2.34. The maximum Gasteiger partial charge on any atom is 0.0635 e. The highest BCUT2D eigenvalue weighted by Gasteiger charge is 2.13. The van der Waals surface area contributed by atoms with E-state index in [2.05, 4.69) is 15.5 Å². The first-order valence-electron chi connectivity index (χ1n) is 5.00. The maximum absolute atomic E-state index is 5.47. The fourth-order valence-corrected chi connectivity index (χ4v) is 1.63. The molecule has 1 unspecified atom stereocenters. The van der Waals surface area contributed by atoms with Gasteiger partial charge in [0.15, 0.2) is 0 Å². The number of nitrogens with zero attached hydrogens (tertiary/aromatic N) is 2. The van der Waals surface area contributed by atoms with Crippen molar-refractivity contribution in [3.05, 3.63) is 24.0 Å². The Morgan fingerprint density at radius 3 is 3.27 bits per heavy atom. The van der Waals surface area contributed by atoms with Gasteiger partial charge in [0, 0.05) is 25.2 Å². The van der Waals surface area contributed by atoms with Crippen molar-refractivity contribution in [3.63, 3.8) is 0 Å². The van der Waals surface area contributed by atoms with E-state index < -0.39 is 0 Å². The van der Waals surface area contributed by atoms with Gasteiger partial charge in [0.1, 0.15) is 0 Å². The molecule has 1 N–H and O–H groups in total. The van der Waals surface area contributed by atoms with Crippen LogP contribution in [-0.2, 0) is 11.2 Å². The van der Waals surface area contributed by atoms with E-state index in [9.17, 15) is 0 Å². The second-order valence-electron chi connectivity index (χ2n) is 3.56. The number of hydrogen-bond acceptors (Lipinski definition) is 4. The fourth-order valence-electron chi connectivity index (χ4n) is 1.63. The average molecular weight is 230 g/mol. The lowest BCUT2D eigenvalue weighted by Crippen LogP contribution is -2.24. The van der Waals surface area contributed by atoms with E-state index in [-0.39, 0.29) is 12.4 Å². The van der Waals surface area contributed by atoms with E-state index in [1.165, 1.54) is 0 Å². The molecule has 1 fully saturated rings. The summed E-state index contributed by atoms with van der Waals surface area (Å²) in [6.07, 6.45) is 2.65. The zero-order valence-electron chi connectivity index (χ0n) is 8.56. The Balaban J connectivity index is 0.00000112. The van der Waals surface area contributed by atoms with Gasteiger partial charge < -0.3 is 10.1 Å². The van der Waals surface area contributed by atoms with Crippen LogP contribution in [0.2, 0.25) is 0 Å². The Bertz CT molecular complexity index is 263. The van der Waals surface area contributed by atoms with E-state index in [0.29, 0.717) is 5.92 Å². The molecule has 1 saturated heterocycles. The van der Waals surface area contributed by atoms with Crippen LogP contribution in [0, 0.1) is 5.92 Å². The lowest BCUT2D eigenvalue weighted by molar-refractivity contribution is 0.123. The summed E-state index contributed by atoms with van der Waals surface area (Å²) in [5.74, 6) is 0.522. The number of nitrogens with one attached hydrogen (secondary N) is 1. The van der Waals surface area contributed by atoms with Crippen molar-refractivity contribution in [1.82, 2.24) is 15.5 Å². The predicted molar refractivity (Wildman–Crippen MR) is 60.2 cm³/mol. The molecule has 0 aliphatic carbocycles. The lowest BCUT2D eigenvalue weighted by atomic mass is 10.0. The van der Waals surface area contributed by atoms with Crippen LogP contribution < -0.4 is 5.32 Å². The molecular weight excluding hydrogens is 214 g/mol. The van der Waals surface area contributed by atoms with Crippen LogP contribution in [0.4, 0.5) is 0 Å². The van der Waals surface area contributed by atoms with E-state index in [4.69, 9.17) is 4.74 Å². The molecule has 0 bridgehead atoms. The van der Waals surface area contributed by atoms with Gasteiger partial charge in [0.2, 0.25) is 0 Å². The minimum Gasteiger partial charge on any atom is -0.380 e. The minimum absolute atomic E-state index is 0. The topological polar surface area (TPSA) is 47.0 Å². The van der Waals surface area contributed by atoms with Gasteiger partial charge >= 0.3 is 0 Å². The van der Waals surface area contributed by atoms with Crippen molar-refractivity contribution in [3.8, 4) is 0 Å². The molecule has 1 aliphatic rings. The van der Waals surface area contributed by atoms with Gasteiger partial charge in [-0.25, -0.2) is 0 Å². The van der Waals surface area contributed by atoms with Crippen molar-refractivity contribution in [1.29, 1.82) is 0 Å². The molecule has 1 atom stereocenters. The van der Waals surface area contributed by atoms with Crippen LogP contribution in [0.25, 0.3) is 0 Å². The first-order valence-corrected chi connectivity index (χ1v) is 5.00. The summed E-state index contributed by atoms with van der Waals surface area (Å²) in [4.78, 5) is 0. The quantitative estimate of drug-likeness (QED) is 0.810. The lowest BCUT2D eigenvalue weighted by Gasteiger charge is -2.11. The van der Waals surface area contributed by atoms with Crippen molar-refractivity contribution < 1.29 is 4.74 Å². The molecule has 4 nitrogen and oxygen atoms in total. The molecule has 1 aromatic heterocycles. The normalized spacial score (nSPS) is 21.5. The number of halogens is 1. The highest BCUT2D eigenvalue weighted by atomic mass is 35.5. The van der Waals surface area contributed by atoms with Gasteiger partial charge in [-0.05, 0) is 18.6 Å². The molecule has 1 aliphatic heterocycles. The van der Waals surface area contributed by atoms with E-state index in [1.54, 1.807) is 6.20 Å². The number of ether oxygens (including phenoxy) is 1. The smallest absolute Gasteiger partial charge is 0.0635 e. The molecule has 0 spiro atoms. The molecule has 2 rings (SSSR count). The monoisotopic (exact) mass is 229 g/mol. The Labute approximate surface area is 95.8 Å². The van der Waals surface area contributed by atoms with Crippen LogP contribution in [0.15, 0.2) is 18.3 Å². The molecule has 0 aromatic carbocycles. The first-order chi connectivity index (χ1) is 6.95. The minimum atomic E-state index is 0. The SMILES string of the molecule is Cl.c1cnnc(CC2CNCCOC2)c1. The zero-order chi connectivity index (χ0) is 9.64. The zero-order valence-corrected chi connectivity index (χ0v) is 9.37. The van der Waals surface area contributed by atoms with Gasteiger partial charge in [-0.15, -0.1) is 12.4 Å².